The number of fused-ring (bicyclic) bond motifs is 1. The zero-order valence-electron chi connectivity index (χ0n) is 12.0. The molecule has 1 atom stereocenters. The van der Waals surface area contributed by atoms with Crippen molar-refractivity contribution in [3.63, 3.8) is 0 Å². The van der Waals surface area contributed by atoms with E-state index in [0.717, 1.165) is 0 Å². The van der Waals surface area contributed by atoms with Crippen molar-refractivity contribution in [1.29, 1.82) is 0 Å². The van der Waals surface area contributed by atoms with Crippen LogP contribution in [0.25, 0.3) is 0 Å². The molecule has 2 N–H and O–H groups in total. The molecule has 114 valence electrons. The molecule has 0 radical (unpaired) electrons. The van der Waals surface area contributed by atoms with Gasteiger partial charge in [0.05, 0.1) is 18.7 Å². The van der Waals surface area contributed by atoms with E-state index in [2.05, 4.69) is 10.6 Å². The number of hydrogen-bond acceptors (Lipinski definition) is 4. The predicted octanol–water partition coefficient (Wildman–Crippen LogP) is 0.310. The molecule has 7 heteroatoms. The summed E-state index contributed by atoms with van der Waals surface area (Å²) in [6.45, 7) is 0.662. The molecule has 0 unspecified atom stereocenters. The molecule has 0 bridgehead atoms. The van der Waals surface area contributed by atoms with Crippen LogP contribution in [0.2, 0.25) is 0 Å². The lowest BCUT2D eigenvalue weighted by Gasteiger charge is -2.38. The van der Waals surface area contributed by atoms with Crippen LogP contribution in [-0.4, -0.2) is 43.0 Å². The third kappa shape index (κ3) is 2.20. The molecule has 1 aromatic carbocycles. The average molecular weight is 301 g/mol. The van der Waals surface area contributed by atoms with Gasteiger partial charge in [-0.2, -0.15) is 0 Å². The highest BCUT2D eigenvalue weighted by Crippen LogP contribution is 2.32. The van der Waals surface area contributed by atoms with Crippen molar-refractivity contribution in [3.05, 3.63) is 47.2 Å². The van der Waals surface area contributed by atoms with Gasteiger partial charge in [-0.3, -0.25) is 9.69 Å². The van der Waals surface area contributed by atoms with Crippen LogP contribution in [0.3, 0.4) is 0 Å². The number of nitrogens with one attached hydrogen (secondary N) is 2. The molecule has 0 saturated carbocycles. The smallest absolute Gasteiger partial charge is 0.338 e. The van der Waals surface area contributed by atoms with Gasteiger partial charge in [0.2, 0.25) is 0 Å². The molecule has 22 heavy (non-hydrogen) atoms. The average Bonchev–Trinajstić information content (AvgIpc) is 2.55. The summed E-state index contributed by atoms with van der Waals surface area (Å²) in [6.07, 6.45) is 0. The van der Waals surface area contributed by atoms with Crippen LogP contribution in [0.15, 0.2) is 41.6 Å². The van der Waals surface area contributed by atoms with Crippen molar-refractivity contribution in [3.8, 4) is 0 Å². The number of esters is 1. The van der Waals surface area contributed by atoms with Crippen LogP contribution in [0, 0.1) is 0 Å². The summed E-state index contributed by atoms with van der Waals surface area (Å²) in [5, 5.41) is 5.42. The number of carbonyl (C=O) groups is 3. The number of benzene rings is 1. The lowest BCUT2D eigenvalue weighted by Crippen LogP contribution is -2.57. The minimum atomic E-state index is -0.712. The van der Waals surface area contributed by atoms with E-state index in [9.17, 15) is 14.4 Å². The highest BCUT2D eigenvalue weighted by molar-refractivity contribution is 6.08. The second-order valence-electron chi connectivity index (χ2n) is 4.95. The van der Waals surface area contributed by atoms with E-state index < -0.39 is 23.9 Å². The van der Waals surface area contributed by atoms with Crippen molar-refractivity contribution in [2.24, 2.45) is 0 Å². The maximum absolute atomic E-state index is 12.3. The first kappa shape index (κ1) is 14.1. The zero-order chi connectivity index (χ0) is 15.7. The lowest BCUT2D eigenvalue weighted by molar-refractivity contribution is -0.137. The van der Waals surface area contributed by atoms with Crippen molar-refractivity contribution >= 4 is 17.9 Å². The van der Waals surface area contributed by atoms with Crippen molar-refractivity contribution < 1.29 is 19.1 Å². The van der Waals surface area contributed by atoms with E-state index in [0.29, 0.717) is 18.7 Å². The molecule has 1 fully saturated rings. The number of rotatable bonds is 2. The summed E-state index contributed by atoms with van der Waals surface area (Å²) in [4.78, 5) is 37.9. The quantitative estimate of drug-likeness (QED) is 0.770. The van der Waals surface area contributed by atoms with Gasteiger partial charge in [0, 0.05) is 13.1 Å². The van der Waals surface area contributed by atoms with E-state index >= 15 is 0 Å². The number of nitrogens with zero attached hydrogens (tertiary/aromatic N) is 1. The van der Waals surface area contributed by atoms with Gasteiger partial charge in [0.1, 0.15) is 5.70 Å². The van der Waals surface area contributed by atoms with E-state index in [1.54, 1.807) is 24.3 Å². The summed E-state index contributed by atoms with van der Waals surface area (Å²) in [5.74, 6) is -1.08. The minimum absolute atomic E-state index is 0.0655. The number of hydrogen-bond donors (Lipinski definition) is 2. The fourth-order valence-electron chi connectivity index (χ4n) is 2.70. The Bertz CT molecular complexity index is 669. The van der Waals surface area contributed by atoms with Gasteiger partial charge in [-0.05, 0) is 5.56 Å². The molecule has 7 nitrogen and oxygen atoms in total. The molecule has 2 aliphatic heterocycles. The lowest BCUT2D eigenvalue weighted by atomic mass is 9.93. The predicted molar refractivity (Wildman–Crippen MR) is 76.5 cm³/mol. The number of carbonyl (C=O) groups excluding carboxylic acids is 3. The third-order valence-corrected chi connectivity index (χ3v) is 3.70. The fourth-order valence-corrected chi connectivity index (χ4v) is 2.70. The van der Waals surface area contributed by atoms with Gasteiger partial charge in [-0.25, -0.2) is 9.59 Å². The molecule has 2 aliphatic rings. The summed E-state index contributed by atoms with van der Waals surface area (Å²) in [7, 11) is 1.25. The van der Waals surface area contributed by atoms with Gasteiger partial charge in [0.15, 0.2) is 0 Å². The van der Waals surface area contributed by atoms with Crippen molar-refractivity contribution in [2.45, 2.75) is 6.04 Å². The Balaban J connectivity index is 2.17. The van der Waals surface area contributed by atoms with Crippen molar-refractivity contribution in [2.75, 3.05) is 20.2 Å². The Kier molecular flexibility index (Phi) is 3.54. The topological polar surface area (TPSA) is 87.7 Å². The first-order valence-electron chi connectivity index (χ1n) is 6.87. The molecule has 2 heterocycles. The normalized spacial score (nSPS) is 21.0. The van der Waals surface area contributed by atoms with Crippen molar-refractivity contribution in [1.82, 2.24) is 15.5 Å². The third-order valence-electron chi connectivity index (χ3n) is 3.70. The van der Waals surface area contributed by atoms with Crippen LogP contribution in [-0.2, 0) is 14.3 Å². The van der Waals surface area contributed by atoms with Crippen LogP contribution in [0.1, 0.15) is 11.6 Å². The Hall–Kier alpha value is -2.83. The maximum Gasteiger partial charge on any atom is 0.338 e. The highest BCUT2D eigenvalue weighted by Gasteiger charge is 2.42. The number of piperazine rings is 1. The Labute approximate surface area is 126 Å². The second kappa shape index (κ2) is 5.51. The Morgan fingerprint density at radius 3 is 2.68 bits per heavy atom. The Morgan fingerprint density at radius 2 is 2.00 bits per heavy atom. The molecule has 3 rings (SSSR count). The first-order chi connectivity index (χ1) is 10.6. The van der Waals surface area contributed by atoms with E-state index in [4.69, 9.17) is 4.74 Å². The molecule has 1 aromatic rings. The number of ether oxygens (including phenoxy) is 1. The van der Waals surface area contributed by atoms with E-state index in [1.165, 1.54) is 12.0 Å². The highest BCUT2D eigenvalue weighted by atomic mass is 16.5. The summed E-state index contributed by atoms with van der Waals surface area (Å²) >= 11 is 0. The van der Waals surface area contributed by atoms with Gasteiger partial charge in [0.25, 0.3) is 5.91 Å². The monoisotopic (exact) mass is 301 g/mol. The number of amides is 3. The largest absolute Gasteiger partial charge is 0.466 e. The molecule has 3 amide bonds. The molecular weight excluding hydrogens is 286 g/mol. The fraction of sp³-hybridized carbons (Fsp3) is 0.267. The second-order valence-corrected chi connectivity index (χ2v) is 4.95. The van der Waals surface area contributed by atoms with Crippen LogP contribution in [0.5, 0.6) is 0 Å². The minimum Gasteiger partial charge on any atom is -0.466 e. The Morgan fingerprint density at radius 1 is 1.27 bits per heavy atom. The summed E-state index contributed by atoms with van der Waals surface area (Å²) in [6, 6.07) is 7.89. The molecule has 0 spiro atoms. The van der Waals surface area contributed by atoms with Gasteiger partial charge in [-0.1, -0.05) is 30.3 Å². The first-order valence-corrected chi connectivity index (χ1v) is 6.87. The molecule has 1 saturated heterocycles. The van der Waals surface area contributed by atoms with Crippen LogP contribution in [0.4, 0.5) is 4.79 Å². The zero-order valence-corrected chi connectivity index (χ0v) is 12.0. The van der Waals surface area contributed by atoms with Crippen LogP contribution >= 0.6 is 0 Å². The SMILES string of the molecule is COC(=O)C1=C2C(=O)NCCN2C(=O)N[C@H]1c1ccccc1. The van der Waals surface area contributed by atoms with Gasteiger partial charge >= 0.3 is 12.0 Å². The molecular formula is C15H15N3O4. The summed E-state index contributed by atoms with van der Waals surface area (Å²) < 4.78 is 4.82. The molecule has 0 aliphatic carbocycles. The standard InChI is InChI=1S/C15H15N3O4/c1-22-14(20)10-11(9-5-3-2-4-6-9)17-15(21)18-8-7-16-13(19)12(10)18/h2-6,11H,7-8H2,1H3,(H,16,19)(H,17,21)/t11-/m0/s1. The number of urea groups is 1. The molecule has 0 aromatic heterocycles. The maximum atomic E-state index is 12.3. The van der Waals surface area contributed by atoms with Gasteiger partial charge < -0.3 is 15.4 Å². The number of methoxy groups -OCH3 is 1. The summed E-state index contributed by atoms with van der Waals surface area (Å²) in [5.41, 5.74) is 0.919. The van der Waals surface area contributed by atoms with E-state index in [-0.39, 0.29) is 11.3 Å². The van der Waals surface area contributed by atoms with Crippen LogP contribution < -0.4 is 10.6 Å². The van der Waals surface area contributed by atoms with Gasteiger partial charge in [-0.15, -0.1) is 0 Å². The van der Waals surface area contributed by atoms with E-state index in [1.807, 2.05) is 6.07 Å².